The summed E-state index contributed by atoms with van der Waals surface area (Å²) in [7, 11) is 4.10. The molecule has 5 N–H and O–H groups in total. The third kappa shape index (κ3) is 7.41. The number of hydrogen-bond acceptors (Lipinski definition) is 10. The van der Waals surface area contributed by atoms with Crippen LogP contribution in [0.5, 0.6) is 0 Å². The lowest BCUT2D eigenvalue weighted by Gasteiger charge is -2.23. The minimum Gasteiger partial charge on any atom is -0.388 e. The predicted molar refractivity (Wildman–Crippen MR) is 199 cm³/mol. The van der Waals surface area contributed by atoms with E-state index in [2.05, 4.69) is 64.1 Å². The van der Waals surface area contributed by atoms with Gasteiger partial charge in [-0.2, -0.15) is 9.97 Å². The second-order valence-electron chi connectivity index (χ2n) is 14.5. The summed E-state index contributed by atoms with van der Waals surface area (Å²) in [6, 6.07) is 19.7. The third-order valence-electron chi connectivity index (χ3n) is 10.9. The van der Waals surface area contributed by atoms with Crippen molar-refractivity contribution in [1.82, 2.24) is 40.0 Å². The Bertz CT molecular complexity index is 1800. The quantitative estimate of drug-likeness (QED) is 0.156. The lowest BCUT2D eigenvalue weighted by atomic mass is 9.91. The van der Waals surface area contributed by atoms with E-state index < -0.39 is 24.3 Å². The van der Waals surface area contributed by atoms with E-state index >= 15 is 0 Å². The van der Waals surface area contributed by atoms with E-state index in [0.717, 1.165) is 30.5 Å². The molecule has 2 aliphatic heterocycles. The van der Waals surface area contributed by atoms with Gasteiger partial charge >= 0.3 is 6.03 Å². The van der Waals surface area contributed by atoms with Gasteiger partial charge in [-0.15, -0.1) is 0 Å². The van der Waals surface area contributed by atoms with E-state index in [1.807, 2.05) is 41.3 Å². The molecule has 0 spiro atoms. The molecule has 0 unspecified atom stereocenters. The van der Waals surface area contributed by atoms with Gasteiger partial charge in [0.15, 0.2) is 17.0 Å². The number of rotatable bonds is 11. The third-order valence-corrected chi connectivity index (χ3v) is 10.9. The molecular weight excluding hydrogens is 660 g/mol. The van der Waals surface area contributed by atoms with Crippen LogP contribution in [0.25, 0.3) is 11.2 Å². The molecule has 7 rings (SSSR count). The molecule has 3 aliphatic rings. The molecule has 52 heavy (non-hydrogen) atoms. The number of likely N-dealkylation sites (N-methyl/N-ethyl adjacent to an activating group) is 1. The van der Waals surface area contributed by atoms with Gasteiger partial charge in [0.05, 0.1) is 18.4 Å². The number of aliphatic hydroxyl groups excluding tert-OH is 2. The smallest absolute Gasteiger partial charge is 0.317 e. The van der Waals surface area contributed by atoms with Gasteiger partial charge in [-0.05, 0) is 44.5 Å². The fraction of sp³-hybridized carbons (Fsp3) is 0.500. The first-order valence-corrected chi connectivity index (χ1v) is 18.4. The summed E-state index contributed by atoms with van der Waals surface area (Å²) in [5, 5.41) is 31.8. The summed E-state index contributed by atoms with van der Waals surface area (Å²) >= 11 is 0. The highest BCUT2D eigenvalue weighted by atomic mass is 16.3. The molecule has 14 nitrogen and oxygen atoms in total. The van der Waals surface area contributed by atoms with Crippen molar-refractivity contribution in [2.24, 2.45) is 0 Å². The van der Waals surface area contributed by atoms with Gasteiger partial charge in [0, 0.05) is 57.1 Å². The number of amides is 3. The molecule has 1 aliphatic carbocycles. The van der Waals surface area contributed by atoms with Crippen molar-refractivity contribution < 1.29 is 19.8 Å². The van der Waals surface area contributed by atoms with Crippen molar-refractivity contribution in [2.45, 2.75) is 74.9 Å². The molecule has 3 amide bonds. The minimum absolute atomic E-state index is 0.0248. The van der Waals surface area contributed by atoms with E-state index in [-0.39, 0.29) is 30.3 Å². The van der Waals surface area contributed by atoms with Gasteiger partial charge in [0.2, 0.25) is 11.9 Å². The number of aromatic nitrogens is 4. The first-order chi connectivity index (χ1) is 25.2. The number of fused-ring (bicyclic) bond motifs is 1. The van der Waals surface area contributed by atoms with Crippen LogP contribution in [0.4, 0.5) is 16.6 Å². The summed E-state index contributed by atoms with van der Waals surface area (Å²) in [6.45, 7) is 4.93. The van der Waals surface area contributed by atoms with Crippen molar-refractivity contribution in [1.29, 1.82) is 0 Å². The Morgan fingerprint density at radius 2 is 1.63 bits per heavy atom. The lowest BCUT2D eigenvalue weighted by Crippen LogP contribution is -2.46. The first kappa shape index (κ1) is 35.6. The summed E-state index contributed by atoms with van der Waals surface area (Å²) in [6.07, 6.45) is 1.66. The molecule has 1 saturated carbocycles. The molecule has 4 heterocycles. The van der Waals surface area contributed by atoms with Crippen LogP contribution in [-0.2, 0) is 4.79 Å². The highest BCUT2D eigenvalue weighted by Crippen LogP contribution is 2.35. The van der Waals surface area contributed by atoms with E-state index in [1.165, 1.54) is 0 Å². The van der Waals surface area contributed by atoms with Crippen LogP contribution in [-0.4, -0.2) is 129 Å². The fourth-order valence-electron chi connectivity index (χ4n) is 7.82. The van der Waals surface area contributed by atoms with Crippen LogP contribution in [0.3, 0.4) is 0 Å². The van der Waals surface area contributed by atoms with E-state index in [0.29, 0.717) is 61.6 Å². The average Bonchev–Trinajstić information content (AvgIpc) is 3.97. The zero-order chi connectivity index (χ0) is 36.4. The number of imidazole rings is 1. The molecule has 3 fully saturated rings. The summed E-state index contributed by atoms with van der Waals surface area (Å²) in [5.74, 6) is 0.880. The van der Waals surface area contributed by atoms with E-state index in [1.54, 1.807) is 17.8 Å². The van der Waals surface area contributed by atoms with E-state index in [9.17, 15) is 19.8 Å². The van der Waals surface area contributed by atoms with Crippen LogP contribution in [0.1, 0.15) is 55.7 Å². The van der Waals surface area contributed by atoms with Crippen molar-refractivity contribution in [3.8, 4) is 0 Å². The predicted octanol–water partition coefficient (Wildman–Crippen LogP) is 2.56. The van der Waals surface area contributed by atoms with Crippen LogP contribution in [0.2, 0.25) is 0 Å². The number of likely N-dealkylation sites (tertiary alicyclic amines) is 1. The Balaban J connectivity index is 1.17. The highest BCUT2D eigenvalue weighted by Gasteiger charge is 2.44. The number of aliphatic hydroxyl groups is 2. The number of anilines is 2. The van der Waals surface area contributed by atoms with Crippen molar-refractivity contribution in [2.75, 3.05) is 57.0 Å². The largest absolute Gasteiger partial charge is 0.388 e. The second-order valence-corrected chi connectivity index (χ2v) is 14.5. The van der Waals surface area contributed by atoms with Gasteiger partial charge in [0.25, 0.3) is 0 Å². The van der Waals surface area contributed by atoms with Gasteiger partial charge < -0.3 is 45.4 Å². The monoisotopic (exact) mass is 710 g/mol. The minimum atomic E-state index is -1.14. The lowest BCUT2D eigenvalue weighted by molar-refractivity contribution is -0.122. The van der Waals surface area contributed by atoms with E-state index in [4.69, 9.17) is 15.0 Å². The molecule has 0 bridgehead atoms. The normalized spacial score (nSPS) is 24.7. The average molecular weight is 711 g/mol. The SMILES string of the molecule is CCC(=O)N[C@H]1C[C@@H](n2cnc3c(NCC(c4ccccc4)c4ccccc4)nc(N4CC[C@@H](NC(=O)N5CC[C@@H](N(C)C)C5)C4)nc32)[C@H](O)[C@@H]1O. The molecule has 276 valence electrons. The Hall–Kier alpha value is -4.79. The second kappa shape index (κ2) is 15.4. The molecule has 4 aromatic rings. The van der Waals surface area contributed by atoms with Crippen LogP contribution in [0, 0.1) is 0 Å². The van der Waals surface area contributed by atoms with Gasteiger partial charge in [0.1, 0.15) is 12.2 Å². The summed E-state index contributed by atoms with van der Waals surface area (Å²) < 4.78 is 1.80. The zero-order valence-corrected chi connectivity index (χ0v) is 30.1. The molecule has 2 aromatic carbocycles. The maximum atomic E-state index is 13.2. The molecule has 2 aromatic heterocycles. The standard InChI is InChI=1S/C38H50N10O4/c1-4-31(49)42-29-19-30(34(51)33(29)50)48-23-40-32-35(39-20-28(24-11-7-5-8-12-24)25-13-9-6-10-14-25)43-37(44-36(32)48)46-17-15-26(21-46)41-38(52)47-18-16-27(22-47)45(2)3/h5-14,23,26-30,33-34,50-51H,4,15-22H2,1-3H3,(H,41,52)(H,42,49)(H,39,43,44)/t26-,27-,29+,30-,33-,34+/m1/s1. The zero-order valence-electron chi connectivity index (χ0n) is 30.1. The summed E-state index contributed by atoms with van der Waals surface area (Å²) in [5.41, 5.74) is 3.38. The molecule has 0 radical (unpaired) electrons. The van der Waals surface area contributed by atoms with Crippen molar-refractivity contribution in [3.63, 3.8) is 0 Å². The van der Waals surface area contributed by atoms with Crippen molar-refractivity contribution in [3.05, 3.63) is 78.1 Å². The Kier molecular flexibility index (Phi) is 10.6. The number of carbonyl (C=O) groups is 2. The maximum Gasteiger partial charge on any atom is 0.317 e. The van der Waals surface area contributed by atoms with Gasteiger partial charge in [-0.1, -0.05) is 67.6 Å². The fourth-order valence-corrected chi connectivity index (χ4v) is 7.82. The van der Waals surface area contributed by atoms with Crippen LogP contribution >= 0.6 is 0 Å². The first-order valence-electron chi connectivity index (χ1n) is 18.4. The Morgan fingerprint density at radius 3 is 2.29 bits per heavy atom. The highest BCUT2D eigenvalue weighted by molar-refractivity contribution is 5.85. The Morgan fingerprint density at radius 1 is 0.923 bits per heavy atom. The molecular formula is C38H50N10O4. The number of urea groups is 1. The van der Waals surface area contributed by atoms with Crippen LogP contribution < -0.4 is 20.9 Å². The maximum absolute atomic E-state index is 13.2. The van der Waals surface area contributed by atoms with Crippen LogP contribution in [0.15, 0.2) is 67.0 Å². The molecule has 2 saturated heterocycles. The molecule has 6 atom stereocenters. The van der Waals surface area contributed by atoms with Crippen molar-refractivity contribution >= 4 is 34.9 Å². The number of nitrogens with one attached hydrogen (secondary N) is 3. The Labute approximate surface area is 304 Å². The molecule has 14 heteroatoms. The number of benzene rings is 2. The topological polar surface area (TPSA) is 164 Å². The number of carbonyl (C=O) groups excluding carboxylic acids is 2. The van der Waals surface area contributed by atoms with Gasteiger partial charge in [-0.25, -0.2) is 9.78 Å². The number of hydrogen-bond donors (Lipinski definition) is 5. The summed E-state index contributed by atoms with van der Waals surface area (Å²) in [4.78, 5) is 46.4. The number of nitrogens with zero attached hydrogens (tertiary/aromatic N) is 7. The van der Waals surface area contributed by atoms with Gasteiger partial charge in [-0.3, -0.25) is 4.79 Å².